The summed E-state index contributed by atoms with van der Waals surface area (Å²) in [5.74, 6) is -0.362. The largest absolute Gasteiger partial charge is 0.455 e. The highest BCUT2D eigenvalue weighted by atomic mass is 32.2. The maximum Gasteiger partial charge on any atom is 0.255 e. The molecule has 0 radical (unpaired) electrons. The number of aromatic nitrogens is 2. The maximum absolute atomic E-state index is 13.7. The van der Waals surface area contributed by atoms with Gasteiger partial charge in [0, 0.05) is 82.5 Å². The number of halogens is 2. The topological polar surface area (TPSA) is 74.2 Å². The van der Waals surface area contributed by atoms with Gasteiger partial charge >= 0.3 is 0 Å². The highest BCUT2D eigenvalue weighted by molar-refractivity contribution is 8.00. The van der Waals surface area contributed by atoms with Crippen LogP contribution in [0.4, 0.5) is 14.5 Å². The highest BCUT2D eigenvalue weighted by Gasteiger charge is 2.25. The number of H-pyrrole nitrogens is 1. The Morgan fingerprint density at radius 2 is 1.81 bits per heavy atom. The molecule has 0 saturated heterocycles. The predicted octanol–water partition coefficient (Wildman–Crippen LogP) is 8.25. The first kappa shape index (κ1) is 27.5. The van der Waals surface area contributed by atoms with Crippen LogP contribution in [-0.4, -0.2) is 42.4 Å². The molecule has 3 aromatic carbocycles. The van der Waals surface area contributed by atoms with Gasteiger partial charge in [0.2, 0.25) is 0 Å². The number of carbonyl (C=O) groups excluding carboxylic acids is 1. The summed E-state index contributed by atoms with van der Waals surface area (Å²) in [5.41, 5.74) is 6.74. The minimum absolute atomic E-state index is 0.323. The Kier molecular flexibility index (Phi) is 7.67. The molecule has 3 aromatic heterocycles. The SMILES string of the molecule is CNC(=O)c1c(-c2ccc(F)cc2)oc2cc(N(CCCF)SC)c(-c3cncc(-c4cc5ccccc5[nH]4)c3)cc12. The number of anilines is 1. The van der Waals surface area contributed by atoms with Crippen molar-refractivity contribution in [3.8, 4) is 33.7 Å². The van der Waals surface area contributed by atoms with E-state index in [-0.39, 0.29) is 11.7 Å². The predicted molar refractivity (Wildman–Crippen MR) is 167 cm³/mol. The Bertz CT molecular complexity index is 1870. The Morgan fingerprint density at radius 1 is 1.02 bits per heavy atom. The fraction of sp³-hybridized carbons (Fsp3) is 0.152. The molecule has 9 heteroatoms. The van der Waals surface area contributed by atoms with E-state index in [9.17, 15) is 13.6 Å². The summed E-state index contributed by atoms with van der Waals surface area (Å²) in [7, 11) is 1.56. The second-order valence-corrected chi connectivity index (χ2v) is 10.6. The van der Waals surface area contributed by atoms with Gasteiger partial charge in [0.1, 0.15) is 17.2 Å². The number of carbonyl (C=O) groups is 1. The van der Waals surface area contributed by atoms with Crippen LogP contribution in [0.15, 0.2) is 89.6 Å². The van der Waals surface area contributed by atoms with Crippen molar-refractivity contribution in [1.29, 1.82) is 0 Å². The average Bonchev–Trinajstić information content (AvgIpc) is 3.63. The first-order chi connectivity index (χ1) is 20.5. The van der Waals surface area contributed by atoms with Crippen molar-refractivity contribution in [2.24, 2.45) is 0 Å². The molecule has 0 unspecified atom stereocenters. The summed E-state index contributed by atoms with van der Waals surface area (Å²) < 4.78 is 35.3. The molecule has 212 valence electrons. The van der Waals surface area contributed by atoms with Crippen molar-refractivity contribution in [2.45, 2.75) is 6.42 Å². The molecule has 0 aliphatic rings. The number of pyridine rings is 1. The summed E-state index contributed by atoms with van der Waals surface area (Å²) in [6, 6.07) is 21.9. The molecule has 2 N–H and O–H groups in total. The molecule has 42 heavy (non-hydrogen) atoms. The van der Waals surface area contributed by atoms with Crippen LogP contribution in [0.1, 0.15) is 16.8 Å². The molecule has 6 rings (SSSR count). The van der Waals surface area contributed by atoms with Crippen LogP contribution < -0.4 is 9.62 Å². The molecule has 0 atom stereocenters. The van der Waals surface area contributed by atoms with Gasteiger partial charge in [-0.25, -0.2) is 4.39 Å². The van der Waals surface area contributed by atoms with Crippen LogP contribution in [0, 0.1) is 5.82 Å². The molecule has 0 aliphatic carbocycles. The number of fused-ring (bicyclic) bond motifs is 2. The monoisotopic (exact) mass is 582 g/mol. The van der Waals surface area contributed by atoms with Crippen LogP contribution in [0.5, 0.6) is 0 Å². The first-order valence-corrected chi connectivity index (χ1v) is 14.7. The molecule has 0 spiro atoms. The van der Waals surface area contributed by atoms with E-state index < -0.39 is 6.67 Å². The van der Waals surface area contributed by atoms with Gasteiger partial charge in [0.25, 0.3) is 5.91 Å². The van der Waals surface area contributed by atoms with E-state index in [0.29, 0.717) is 40.8 Å². The number of nitrogens with one attached hydrogen (secondary N) is 2. The second-order valence-electron chi connectivity index (χ2n) is 9.82. The van der Waals surface area contributed by atoms with Gasteiger partial charge in [-0.2, -0.15) is 0 Å². The lowest BCUT2D eigenvalue weighted by Gasteiger charge is -2.24. The molecule has 6 aromatic rings. The number of nitrogens with zero attached hydrogens (tertiary/aromatic N) is 2. The number of furan rings is 1. The Morgan fingerprint density at radius 3 is 2.55 bits per heavy atom. The number of hydrogen-bond acceptors (Lipinski definition) is 5. The van der Waals surface area contributed by atoms with E-state index in [0.717, 1.165) is 39.0 Å². The summed E-state index contributed by atoms with van der Waals surface area (Å²) >= 11 is 1.48. The first-order valence-electron chi connectivity index (χ1n) is 13.5. The van der Waals surface area contributed by atoms with E-state index in [1.165, 1.54) is 24.1 Å². The number of hydrogen-bond donors (Lipinski definition) is 2. The lowest BCUT2D eigenvalue weighted by atomic mass is 9.98. The molecule has 0 fully saturated rings. The number of rotatable bonds is 9. The summed E-state index contributed by atoms with van der Waals surface area (Å²) in [5, 5.41) is 4.42. The number of alkyl halides is 1. The minimum Gasteiger partial charge on any atom is -0.455 e. The standard InChI is InChI=1S/C33H28F2N4O2S/c1-36-33(40)31-26-16-25(22-14-23(19-37-18-22)28-15-21-6-3-4-7-27(21)38-28)29(39(42-2)13-5-12-34)17-30(26)41-32(31)20-8-10-24(35)11-9-20/h3-4,6-11,14-19,38H,5,12-13H2,1-2H3,(H,36,40). The van der Waals surface area contributed by atoms with Crippen molar-refractivity contribution >= 4 is 45.4 Å². The van der Waals surface area contributed by atoms with E-state index in [1.807, 2.05) is 47.1 Å². The molecule has 1 amide bonds. The highest BCUT2D eigenvalue weighted by Crippen LogP contribution is 2.42. The Hall–Kier alpha value is -4.63. The van der Waals surface area contributed by atoms with Crippen LogP contribution in [0.25, 0.3) is 55.6 Å². The third-order valence-corrected chi connectivity index (χ3v) is 8.06. The third-order valence-electron chi connectivity index (χ3n) is 7.24. The normalized spacial score (nSPS) is 11.3. The zero-order chi connectivity index (χ0) is 29.2. The Labute approximate surface area is 245 Å². The van der Waals surface area contributed by atoms with Crippen molar-refractivity contribution in [2.75, 3.05) is 30.8 Å². The van der Waals surface area contributed by atoms with Gasteiger partial charge in [0.15, 0.2) is 0 Å². The average molecular weight is 583 g/mol. The van der Waals surface area contributed by atoms with Crippen molar-refractivity contribution < 1.29 is 18.0 Å². The van der Waals surface area contributed by atoms with E-state index in [1.54, 1.807) is 25.4 Å². The van der Waals surface area contributed by atoms with Crippen LogP contribution in [0.3, 0.4) is 0 Å². The molecule has 0 bridgehead atoms. The summed E-state index contributed by atoms with van der Waals surface area (Å²) in [6.45, 7) is 0.0293. The smallest absolute Gasteiger partial charge is 0.255 e. The van der Waals surface area contributed by atoms with E-state index in [2.05, 4.69) is 33.5 Å². The molecule has 6 nitrogen and oxygen atoms in total. The van der Waals surface area contributed by atoms with Gasteiger partial charge in [-0.05, 0) is 55.0 Å². The van der Waals surface area contributed by atoms with Crippen LogP contribution in [0.2, 0.25) is 0 Å². The zero-order valence-corrected chi connectivity index (χ0v) is 23.9. The lowest BCUT2D eigenvalue weighted by Crippen LogP contribution is -2.18. The van der Waals surface area contributed by atoms with Crippen LogP contribution >= 0.6 is 11.9 Å². The minimum atomic E-state index is -0.442. The quantitative estimate of drug-likeness (QED) is 0.168. The fourth-order valence-electron chi connectivity index (χ4n) is 5.20. The van der Waals surface area contributed by atoms with Gasteiger partial charge in [-0.3, -0.25) is 14.2 Å². The van der Waals surface area contributed by atoms with E-state index >= 15 is 0 Å². The van der Waals surface area contributed by atoms with Crippen molar-refractivity contribution in [3.63, 3.8) is 0 Å². The van der Waals surface area contributed by atoms with Crippen molar-refractivity contribution in [1.82, 2.24) is 15.3 Å². The van der Waals surface area contributed by atoms with Crippen LogP contribution in [-0.2, 0) is 0 Å². The number of para-hydroxylation sites is 1. The van der Waals surface area contributed by atoms with Gasteiger partial charge < -0.3 is 19.0 Å². The molecule has 0 saturated carbocycles. The van der Waals surface area contributed by atoms with Crippen molar-refractivity contribution in [3.05, 3.63) is 96.6 Å². The third kappa shape index (κ3) is 5.12. The van der Waals surface area contributed by atoms with Gasteiger partial charge in [0.05, 0.1) is 17.9 Å². The molecule has 3 heterocycles. The maximum atomic E-state index is 13.7. The number of aromatic amines is 1. The zero-order valence-electron chi connectivity index (χ0n) is 23.1. The lowest BCUT2D eigenvalue weighted by molar-refractivity contribution is 0.0964. The van der Waals surface area contributed by atoms with E-state index in [4.69, 9.17) is 4.42 Å². The second kappa shape index (κ2) is 11.7. The van der Waals surface area contributed by atoms with Gasteiger partial charge in [-0.15, -0.1) is 0 Å². The molecular weight excluding hydrogens is 554 g/mol. The number of amides is 1. The number of benzene rings is 3. The van der Waals surface area contributed by atoms with Gasteiger partial charge in [-0.1, -0.05) is 30.1 Å². The fourth-order valence-corrected chi connectivity index (χ4v) is 5.86. The Balaban J connectivity index is 1.57. The molecule has 0 aliphatic heterocycles. The summed E-state index contributed by atoms with van der Waals surface area (Å²) in [6.07, 6.45) is 5.88. The summed E-state index contributed by atoms with van der Waals surface area (Å²) in [4.78, 5) is 21.3. The molecular formula is C33H28F2N4O2S.